The van der Waals surface area contributed by atoms with Crippen LogP contribution in [0.1, 0.15) is 10.9 Å². The summed E-state index contributed by atoms with van der Waals surface area (Å²) in [5, 5.41) is 9.08. The maximum absolute atomic E-state index is 5.52. The number of nitrogens with one attached hydrogen (secondary N) is 2. The number of aliphatic imine (C=N–C) groups is 1. The first-order valence-electron chi connectivity index (χ1n) is 9.34. The number of hydrogen-bond acceptors (Lipinski definition) is 5. The van der Waals surface area contributed by atoms with Crippen LogP contribution in [-0.2, 0) is 4.74 Å². The quantitative estimate of drug-likeness (QED) is 0.306. The van der Waals surface area contributed by atoms with Crippen LogP contribution in [0.25, 0.3) is 0 Å². The van der Waals surface area contributed by atoms with Gasteiger partial charge in [0.1, 0.15) is 0 Å². The van der Waals surface area contributed by atoms with E-state index in [0.29, 0.717) is 6.04 Å². The number of ether oxygens (including phenoxy) is 1. The summed E-state index contributed by atoms with van der Waals surface area (Å²) in [6.07, 6.45) is 0. The zero-order valence-electron chi connectivity index (χ0n) is 15.8. The van der Waals surface area contributed by atoms with Crippen LogP contribution < -0.4 is 10.6 Å². The summed E-state index contributed by atoms with van der Waals surface area (Å²) in [6, 6.07) is 15.2. The van der Waals surface area contributed by atoms with E-state index in [4.69, 9.17) is 4.74 Å². The SMILES string of the molecule is CN=C(NCCSc1ccccc1)NCC(c1cccs1)N1CCOCC1. The van der Waals surface area contributed by atoms with Gasteiger partial charge in [-0.1, -0.05) is 24.3 Å². The molecule has 27 heavy (non-hydrogen) atoms. The minimum absolute atomic E-state index is 0.353. The van der Waals surface area contributed by atoms with Gasteiger partial charge in [-0.15, -0.1) is 23.1 Å². The number of morpholine rings is 1. The molecule has 3 rings (SSSR count). The standard InChI is InChI=1S/C20H28N4OS2/c1-21-20(22-9-15-26-17-6-3-2-4-7-17)23-16-18(19-8-5-14-27-19)24-10-12-25-13-11-24/h2-8,14,18H,9-13,15-16H2,1H3,(H2,21,22,23). The van der Waals surface area contributed by atoms with E-state index in [1.165, 1.54) is 9.77 Å². The third kappa shape index (κ3) is 6.53. The van der Waals surface area contributed by atoms with E-state index in [9.17, 15) is 0 Å². The molecule has 0 radical (unpaired) electrons. The molecule has 1 aliphatic heterocycles. The molecule has 1 aromatic heterocycles. The molecule has 2 heterocycles. The molecule has 1 fully saturated rings. The van der Waals surface area contributed by atoms with Crippen molar-refractivity contribution in [3.05, 3.63) is 52.7 Å². The molecular weight excluding hydrogens is 376 g/mol. The Labute approximate surface area is 170 Å². The van der Waals surface area contributed by atoms with Crippen molar-refractivity contribution in [1.29, 1.82) is 0 Å². The van der Waals surface area contributed by atoms with E-state index in [2.05, 4.69) is 62.3 Å². The predicted octanol–water partition coefficient (Wildman–Crippen LogP) is 3.08. The van der Waals surface area contributed by atoms with Crippen molar-refractivity contribution in [1.82, 2.24) is 15.5 Å². The zero-order chi connectivity index (χ0) is 18.7. The molecule has 5 nitrogen and oxygen atoms in total. The first kappa shape index (κ1) is 20.2. The molecule has 1 saturated heterocycles. The smallest absolute Gasteiger partial charge is 0.191 e. The minimum Gasteiger partial charge on any atom is -0.379 e. The summed E-state index contributed by atoms with van der Waals surface area (Å²) >= 11 is 3.67. The summed E-state index contributed by atoms with van der Waals surface area (Å²) < 4.78 is 5.52. The van der Waals surface area contributed by atoms with Crippen molar-refractivity contribution in [2.75, 3.05) is 52.2 Å². The molecule has 2 N–H and O–H groups in total. The number of thioether (sulfide) groups is 1. The Hall–Kier alpha value is -1.54. The second-order valence-electron chi connectivity index (χ2n) is 6.22. The van der Waals surface area contributed by atoms with E-state index in [1.807, 2.05) is 36.2 Å². The van der Waals surface area contributed by atoms with Crippen molar-refractivity contribution in [3.63, 3.8) is 0 Å². The van der Waals surface area contributed by atoms with Gasteiger partial charge in [0.25, 0.3) is 0 Å². The lowest BCUT2D eigenvalue weighted by Crippen LogP contribution is -2.46. The van der Waals surface area contributed by atoms with E-state index < -0.39 is 0 Å². The van der Waals surface area contributed by atoms with Gasteiger partial charge in [-0.05, 0) is 23.6 Å². The number of hydrogen-bond donors (Lipinski definition) is 2. The first-order valence-corrected chi connectivity index (χ1v) is 11.2. The van der Waals surface area contributed by atoms with E-state index in [0.717, 1.165) is 51.1 Å². The fourth-order valence-corrected chi connectivity index (χ4v) is 4.70. The highest BCUT2D eigenvalue weighted by Crippen LogP contribution is 2.25. The summed E-state index contributed by atoms with van der Waals surface area (Å²) in [4.78, 5) is 9.56. The van der Waals surface area contributed by atoms with Crippen LogP contribution in [0.5, 0.6) is 0 Å². The van der Waals surface area contributed by atoms with Gasteiger partial charge in [0, 0.05) is 48.8 Å². The van der Waals surface area contributed by atoms with E-state index in [-0.39, 0.29) is 0 Å². The third-order valence-electron chi connectivity index (χ3n) is 4.45. The molecule has 0 aliphatic carbocycles. The number of guanidine groups is 1. The first-order chi connectivity index (χ1) is 13.4. The van der Waals surface area contributed by atoms with Gasteiger partial charge in [-0.3, -0.25) is 9.89 Å². The monoisotopic (exact) mass is 404 g/mol. The number of nitrogens with zero attached hydrogens (tertiary/aromatic N) is 2. The Bertz CT molecular complexity index is 673. The lowest BCUT2D eigenvalue weighted by atomic mass is 10.2. The fraction of sp³-hybridized carbons (Fsp3) is 0.450. The van der Waals surface area contributed by atoms with Crippen LogP contribution >= 0.6 is 23.1 Å². The Morgan fingerprint density at radius 3 is 2.70 bits per heavy atom. The van der Waals surface area contributed by atoms with Crippen LogP contribution in [-0.4, -0.2) is 63.1 Å². The van der Waals surface area contributed by atoms with Crippen LogP contribution in [0.3, 0.4) is 0 Å². The molecule has 7 heteroatoms. The van der Waals surface area contributed by atoms with Gasteiger partial charge in [-0.2, -0.15) is 0 Å². The van der Waals surface area contributed by atoms with Crippen molar-refractivity contribution in [2.24, 2.45) is 4.99 Å². The second-order valence-corrected chi connectivity index (χ2v) is 8.37. The van der Waals surface area contributed by atoms with Crippen LogP contribution in [0.4, 0.5) is 0 Å². The molecule has 1 unspecified atom stereocenters. The van der Waals surface area contributed by atoms with Gasteiger partial charge in [0.05, 0.1) is 19.3 Å². The molecule has 0 amide bonds. The van der Waals surface area contributed by atoms with Crippen molar-refractivity contribution in [2.45, 2.75) is 10.9 Å². The molecular formula is C20H28N4OS2. The van der Waals surface area contributed by atoms with Crippen molar-refractivity contribution < 1.29 is 4.74 Å². The average Bonchev–Trinajstić information content (AvgIpc) is 3.26. The highest BCUT2D eigenvalue weighted by Gasteiger charge is 2.23. The molecule has 146 valence electrons. The lowest BCUT2D eigenvalue weighted by Gasteiger charge is -2.34. The fourth-order valence-electron chi connectivity index (χ4n) is 3.05. The minimum atomic E-state index is 0.353. The second kappa shape index (κ2) is 11.3. The topological polar surface area (TPSA) is 48.9 Å². The lowest BCUT2D eigenvalue weighted by molar-refractivity contribution is 0.0177. The zero-order valence-corrected chi connectivity index (χ0v) is 17.4. The summed E-state index contributed by atoms with van der Waals surface area (Å²) in [7, 11) is 1.83. The number of benzene rings is 1. The van der Waals surface area contributed by atoms with Gasteiger partial charge in [-0.25, -0.2) is 0 Å². The largest absolute Gasteiger partial charge is 0.379 e. The normalized spacial score (nSPS) is 16.9. The maximum atomic E-state index is 5.52. The van der Waals surface area contributed by atoms with Gasteiger partial charge in [0.2, 0.25) is 0 Å². The molecule has 1 aliphatic rings. The highest BCUT2D eigenvalue weighted by molar-refractivity contribution is 7.99. The molecule has 1 atom stereocenters. The summed E-state index contributed by atoms with van der Waals surface area (Å²) in [5.41, 5.74) is 0. The van der Waals surface area contributed by atoms with Gasteiger partial charge >= 0.3 is 0 Å². The van der Waals surface area contributed by atoms with E-state index >= 15 is 0 Å². The molecule has 0 spiro atoms. The van der Waals surface area contributed by atoms with Crippen LogP contribution in [0.2, 0.25) is 0 Å². The Kier molecular flexibility index (Phi) is 8.48. The van der Waals surface area contributed by atoms with Crippen molar-refractivity contribution >= 4 is 29.1 Å². The average molecular weight is 405 g/mol. The van der Waals surface area contributed by atoms with Crippen LogP contribution in [0, 0.1) is 0 Å². The summed E-state index contributed by atoms with van der Waals surface area (Å²) in [6.45, 7) is 5.29. The molecule has 1 aromatic carbocycles. The highest BCUT2D eigenvalue weighted by atomic mass is 32.2. The van der Waals surface area contributed by atoms with Crippen molar-refractivity contribution in [3.8, 4) is 0 Å². The Morgan fingerprint density at radius 1 is 1.19 bits per heavy atom. The molecule has 0 saturated carbocycles. The molecule has 2 aromatic rings. The third-order valence-corrected chi connectivity index (χ3v) is 6.44. The van der Waals surface area contributed by atoms with Gasteiger partial charge < -0.3 is 15.4 Å². The predicted molar refractivity (Wildman–Crippen MR) is 116 cm³/mol. The maximum Gasteiger partial charge on any atom is 0.191 e. The van der Waals surface area contributed by atoms with Gasteiger partial charge in [0.15, 0.2) is 5.96 Å². The Morgan fingerprint density at radius 2 is 2.00 bits per heavy atom. The number of thiophene rings is 1. The van der Waals surface area contributed by atoms with E-state index in [1.54, 1.807) is 0 Å². The summed E-state index contributed by atoms with van der Waals surface area (Å²) in [5.74, 6) is 1.86. The molecule has 0 bridgehead atoms. The van der Waals surface area contributed by atoms with Crippen LogP contribution in [0.15, 0.2) is 57.7 Å². The Balaban J connectivity index is 1.46. The number of rotatable bonds is 8.